The normalized spacial score (nSPS) is 19.3. The van der Waals surface area contributed by atoms with E-state index in [4.69, 9.17) is 11.0 Å². The third-order valence-electron chi connectivity index (χ3n) is 6.37. The highest BCUT2D eigenvalue weighted by Gasteiger charge is 2.26. The quantitative estimate of drug-likeness (QED) is 0.413. The first kappa shape index (κ1) is 21.8. The molecule has 1 fully saturated rings. The van der Waals surface area contributed by atoms with Gasteiger partial charge in [0.25, 0.3) is 0 Å². The van der Waals surface area contributed by atoms with Crippen LogP contribution >= 0.6 is 0 Å². The standard InChI is InChI=1S/C26H30N6/c1-3-29-25(8-4-5-13-27)32-17-20(15-30-32)16-31-14-6-7-21(18-31)23-12-11-22-19(2)9-10-24(22)26(23)28/h3-4,8,11-12,15,17,21H,1-2,5-7,9-10,14,16,18,28H2/b8-4-,29-25?. The fraction of sp³-hybridized carbons (Fsp3) is 0.346. The predicted octanol–water partition coefficient (Wildman–Crippen LogP) is 4.66. The zero-order valence-electron chi connectivity index (χ0n) is 18.5. The Morgan fingerprint density at radius 1 is 1.38 bits per heavy atom. The highest BCUT2D eigenvalue weighted by molar-refractivity contribution is 5.94. The molecule has 164 valence electrons. The van der Waals surface area contributed by atoms with Crippen molar-refractivity contribution in [3.05, 3.63) is 78.3 Å². The van der Waals surface area contributed by atoms with Crippen molar-refractivity contribution in [2.24, 2.45) is 4.99 Å². The lowest BCUT2D eigenvalue weighted by Crippen LogP contribution is -2.34. The van der Waals surface area contributed by atoms with E-state index in [0.717, 1.165) is 50.1 Å². The highest BCUT2D eigenvalue weighted by atomic mass is 15.3. The molecule has 1 unspecified atom stereocenters. The molecule has 2 aliphatic rings. The largest absolute Gasteiger partial charge is 0.398 e. The van der Waals surface area contributed by atoms with Crippen molar-refractivity contribution in [2.45, 2.75) is 44.6 Å². The average Bonchev–Trinajstić information content (AvgIpc) is 3.41. The Balaban J connectivity index is 1.45. The first-order chi connectivity index (χ1) is 15.6. The first-order valence-corrected chi connectivity index (χ1v) is 11.2. The second-order valence-corrected chi connectivity index (χ2v) is 8.50. The number of allylic oxidation sites excluding steroid dienone is 3. The minimum Gasteiger partial charge on any atom is -0.398 e. The Morgan fingerprint density at radius 3 is 3.06 bits per heavy atom. The van der Waals surface area contributed by atoms with E-state index in [9.17, 15) is 0 Å². The summed E-state index contributed by atoms with van der Waals surface area (Å²) in [4.78, 5) is 6.76. The summed E-state index contributed by atoms with van der Waals surface area (Å²) in [7, 11) is 0. The fourth-order valence-corrected chi connectivity index (χ4v) is 4.82. The number of aromatic nitrogens is 2. The maximum absolute atomic E-state index is 8.74. The third kappa shape index (κ3) is 4.58. The molecule has 0 bridgehead atoms. The lowest BCUT2D eigenvalue weighted by atomic mass is 9.87. The van der Waals surface area contributed by atoms with Gasteiger partial charge in [-0.05, 0) is 66.5 Å². The summed E-state index contributed by atoms with van der Waals surface area (Å²) in [5, 5.41) is 13.2. The minimum absolute atomic E-state index is 0.333. The molecule has 1 aliphatic heterocycles. The van der Waals surface area contributed by atoms with Gasteiger partial charge in [0.2, 0.25) is 0 Å². The fourth-order valence-electron chi connectivity index (χ4n) is 4.82. The van der Waals surface area contributed by atoms with Gasteiger partial charge in [-0.3, -0.25) is 4.90 Å². The number of anilines is 1. The van der Waals surface area contributed by atoms with E-state index in [-0.39, 0.29) is 0 Å². The summed E-state index contributed by atoms with van der Waals surface area (Å²) in [6, 6.07) is 6.54. The van der Waals surface area contributed by atoms with Crippen LogP contribution in [0.2, 0.25) is 0 Å². The monoisotopic (exact) mass is 426 g/mol. The number of rotatable bonds is 6. The first-order valence-electron chi connectivity index (χ1n) is 11.2. The number of nitriles is 1. The molecule has 0 radical (unpaired) electrons. The van der Waals surface area contributed by atoms with Gasteiger partial charge in [0.15, 0.2) is 5.84 Å². The zero-order chi connectivity index (χ0) is 22.5. The average molecular weight is 427 g/mol. The summed E-state index contributed by atoms with van der Waals surface area (Å²) in [6.45, 7) is 10.7. The summed E-state index contributed by atoms with van der Waals surface area (Å²) >= 11 is 0. The topological polar surface area (TPSA) is 83.2 Å². The van der Waals surface area contributed by atoms with Crippen LogP contribution in [0.1, 0.15) is 53.9 Å². The molecule has 4 rings (SSSR count). The smallest absolute Gasteiger partial charge is 0.152 e. The second kappa shape index (κ2) is 9.80. The molecule has 1 atom stereocenters. The van der Waals surface area contributed by atoms with Gasteiger partial charge in [-0.25, -0.2) is 9.67 Å². The maximum Gasteiger partial charge on any atom is 0.152 e. The zero-order valence-corrected chi connectivity index (χ0v) is 18.5. The number of nitrogens with two attached hydrogens (primary N) is 1. The Bertz CT molecular complexity index is 1110. The number of likely N-dealkylation sites (tertiary alicyclic amines) is 1. The molecule has 32 heavy (non-hydrogen) atoms. The third-order valence-corrected chi connectivity index (χ3v) is 6.37. The van der Waals surface area contributed by atoms with Crippen LogP contribution in [0.25, 0.3) is 5.57 Å². The van der Waals surface area contributed by atoms with Gasteiger partial charge in [0.05, 0.1) is 18.7 Å². The van der Waals surface area contributed by atoms with Gasteiger partial charge in [0.1, 0.15) is 0 Å². The second-order valence-electron chi connectivity index (χ2n) is 8.50. The van der Waals surface area contributed by atoms with Crippen LogP contribution in [0.4, 0.5) is 5.69 Å². The van der Waals surface area contributed by atoms with E-state index in [0.29, 0.717) is 18.2 Å². The van der Waals surface area contributed by atoms with E-state index in [1.165, 1.54) is 34.9 Å². The van der Waals surface area contributed by atoms with Crippen LogP contribution in [0.15, 0.2) is 61.0 Å². The molecule has 1 saturated heterocycles. The van der Waals surface area contributed by atoms with Gasteiger partial charge >= 0.3 is 0 Å². The van der Waals surface area contributed by atoms with Crippen LogP contribution in [0.3, 0.4) is 0 Å². The lowest BCUT2D eigenvalue weighted by molar-refractivity contribution is 0.200. The van der Waals surface area contributed by atoms with Gasteiger partial charge in [-0.1, -0.05) is 31.4 Å². The number of nitrogens with zero attached hydrogens (tertiary/aromatic N) is 5. The number of fused-ring (bicyclic) bond motifs is 1. The molecule has 1 aromatic heterocycles. The molecule has 0 amide bonds. The SMILES string of the molecule is C=CN=C(/C=C\CC#N)n1cc(CN2CCCC(c3ccc4c(c3N)CCC4=C)C2)cn1. The molecule has 2 aromatic rings. The molecule has 1 aromatic carbocycles. The van der Waals surface area contributed by atoms with Crippen molar-refractivity contribution in [2.75, 3.05) is 18.8 Å². The summed E-state index contributed by atoms with van der Waals surface area (Å²) in [6.07, 6.45) is 13.6. The van der Waals surface area contributed by atoms with Crippen molar-refractivity contribution in [1.82, 2.24) is 14.7 Å². The van der Waals surface area contributed by atoms with Crippen LogP contribution in [0, 0.1) is 11.3 Å². The number of aliphatic imine (C=N–C) groups is 1. The Labute approximate surface area is 190 Å². The summed E-state index contributed by atoms with van der Waals surface area (Å²) < 4.78 is 1.73. The number of piperidine rings is 1. The molecular weight excluding hydrogens is 396 g/mol. The van der Waals surface area contributed by atoms with Crippen LogP contribution in [-0.2, 0) is 13.0 Å². The Kier molecular flexibility index (Phi) is 6.67. The van der Waals surface area contributed by atoms with Crippen LogP contribution in [0.5, 0.6) is 0 Å². The predicted molar refractivity (Wildman–Crippen MR) is 130 cm³/mol. The maximum atomic E-state index is 8.74. The Hall–Kier alpha value is -3.43. The van der Waals surface area contributed by atoms with E-state index in [2.05, 4.69) is 46.4 Å². The Morgan fingerprint density at radius 2 is 2.25 bits per heavy atom. The molecule has 0 spiro atoms. The van der Waals surface area contributed by atoms with E-state index in [1.54, 1.807) is 16.8 Å². The molecule has 2 N–H and O–H groups in total. The van der Waals surface area contributed by atoms with E-state index in [1.807, 2.05) is 12.4 Å². The minimum atomic E-state index is 0.333. The lowest BCUT2D eigenvalue weighted by Gasteiger charge is -2.33. The molecule has 6 nitrogen and oxygen atoms in total. The van der Waals surface area contributed by atoms with Crippen molar-refractivity contribution < 1.29 is 0 Å². The molecule has 2 heterocycles. The van der Waals surface area contributed by atoms with Crippen molar-refractivity contribution in [1.29, 1.82) is 5.26 Å². The van der Waals surface area contributed by atoms with Crippen LogP contribution in [-0.4, -0.2) is 33.6 Å². The molecule has 0 saturated carbocycles. The van der Waals surface area contributed by atoms with Crippen LogP contribution < -0.4 is 5.73 Å². The van der Waals surface area contributed by atoms with E-state index >= 15 is 0 Å². The molecular formula is C26H30N6. The number of nitrogen functional groups attached to an aromatic ring is 1. The van der Waals surface area contributed by atoms with Crippen molar-refractivity contribution in [3.63, 3.8) is 0 Å². The van der Waals surface area contributed by atoms with Gasteiger partial charge in [0, 0.05) is 36.7 Å². The van der Waals surface area contributed by atoms with Crippen molar-refractivity contribution in [3.8, 4) is 6.07 Å². The van der Waals surface area contributed by atoms with Gasteiger partial charge in [-0.15, -0.1) is 0 Å². The number of hydrogen-bond donors (Lipinski definition) is 1. The van der Waals surface area contributed by atoms with Crippen molar-refractivity contribution >= 4 is 17.1 Å². The molecule has 1 aliphatic carbocycles. The highest BCUT2D eigenvalue weighted by Crippen LogP contribution is 2.40. The summed E-state index contributed by atoms with van der Waals surface area (Å²) in [5.74, 6) is 1.09. The number of benzene rings is 1. The summed E-state index contributed by atoms with van der Waals surface area (Å²) in [5.41, 5.74) is 13.8. The van der Waals surface area contributed by atoms with Gasteiger partial charge < -0.3 is 5.73 Å². The number of hydrogen-bond acceptors (Lipinski definition) is 5. The van der Waals surface area contributed by atoms with E-state index < -0.39 is 0 Å². The molecule has 6 heteroatoms. The van der Waals surface area contributed by atoms with Gasteiger partial charge in [-0.2, -0.15) is 10.4 Å².